The molecule has 0 bridgehead atoms. The van der Waals surface area contributed by atoms with Gasteiger partial charge in [-0.3, -0.25) is 4.90 Å². The Kier molecular flexibility index (Phi) is 8.58. The molecule has 0 heterocycles. The van der Waals surface area contributed by atoms with Crippen molar-refractivity contribution in [3.8, 4) is 0 Å². The van der Waals surface area contributed by atoms with Gasteiger partial charge in [-0.05, 0) is 107 Å². The minimum Gasteiger partial charge on any atom is -0.294 e. The lowest BCUT2D eigenvalue weighted by Crippen LogP contribution is -2.52. The van der Waals surface area contributed by atoms with Crippen molar-refractivity contribution in [2.24, 2.45) is 29.6 Å². The molecule has 0 aromatic carbocycles. The first-order valence-electron chi connectivity index (χ1n) is 15.6. The quantitative estimate of drug-likeness (QED) is 0.397. The van der Waals surface area contributed by atoms with Crippen LogP contribution in [0.4, 0.5) is 0 Å². The highest BCUT2D eigenvalue weighted by molar-refractivity contribution is 4.95. The summed E-state index contributed by atoms with van der Waals surface area (Å²) in [4.78, 5) is 3.21. The predicted molar refractivity (Wildman–Crippen MR) is 138 cm³/mol. The van der Waals surface area contributed by atoms with Crippen LogP contribution >= 0.6 is 0 Å². The second-order valence-corrected chi connectivity index (χ2v) is 13.1. The van der Waals surface area contributed by atoms with Gasteiger partial charge in [0.1, 0.15) is 0 Å². The van der Waals surface area contributed by atoms with Gasteiger partial charge < -0.3 is 0 Å². The summed E-state index contributed by atoms with van der Waals surface area (Å²) < 4.78 is 0. The third-order valence-electron chi connectivity index (χ3n) is 11.3. The number of nitrogens with zero attached hydrogens (tertiary/aromatic N) is 1. The average Bonchev–Trinajstić information content (AvgIpc) is 2.86. The zero-order chi connectivity index (χ0) is 21.8. The fraction of sp³-hybridized carbons (Fsp3) is 1.00. The molecule has 3 unspecified atom stereocenters. The fourth-order valence-corrected chi connectivity index (χ4v) is 9.81. The molecule has 5 rings (SSSR count). The molecule has 184 valence electrons. The van der Waals surface area contributed by atoms with Gasteiger partial charge in [-0.1, -0.05) is 71.1 Å². The third-order valence-corrected chi connectivity index (χ3v) is 11.3. The molecule has 0 N–H and O–H groups in total. The number of fused-ring (bicyclic) bond motifs is 1. The van der Waals surface area contributed by atoms with Gasteiger partial charge in [0.05, 0.1) is 0 Å². The lowest BCUT2D eigenvalue weighted by Gasteiger charge is -2.51. The Bertz CT molecular complexity index is 533. The zero-order valence-electron chi connectivity index (χ0n) is 21.6. The van der Waals surface area contributed by atoms with E-state index < -0.39 is 0 Å². The largest absolute Gasteiger partial charge is 0.294 e. The number of rotatable bonds is 6. The molecule has 5 fully saturated rings. The maximum absolute atomic E-state index is 3.21. The van der Waals surface area contributed by atoms with Crippen molar-refractivity contribution >= 4 is 0 Å². The summed E-state index contributed by atoms with van der Waals surface area (Å²) in [5, 5.41) is 0. The van der Waals surface area contributed by atoms with E-state index in [0.29, 0.717) is 0 Å². The molecule has 0 aliphatic heterocycles. The van der Waals surface area contributed by atoms with E-state index in [1.54, 1.807) is 64.2 Å². The molecular formula is C31H55N. The molecule has 0 aromatic heterocycles. The Balaban J connectivity index is 1.21. The number of hydrogen-bond acceptors (Lipinski definition) is 1. The van der Waals surface area contributed by atoms with Gasteiger partial charge in [0.2, 0.25) is 0 Å². The van der Waals surface area contributed by atoms with Gasteiger partial charge in [0.15, 0.2) is 0 Å². The van der Waals surface area contributed by atoms with Crippen molar-refractivity contribution in [1.82, 2.24) is 4.90 Å². The third kappa shape index (κ3) is 5.44. The lowest BCUT2D eigenvalue weighted by molar-refractivity contribution is -0.00943. The Morgan fingerprint density at radius 3 is 1.66 bits per heavy atom. The minimum atomic E-state index is 0.935. The molecule has 5 saturated carbocycles. The summed E-state index contributed by atoms with van der Waals surface area (Å²) in [6, 6.07) is 2.81. The van der Waals surface area contributed by atoms with Crippen molar-refractivity contribution in [2.75, 3.05) is 0 Å². The van der Waals surface area contributed by atoms with E-state index in [4.69, 9.17) is 0 Å². The maximum atomic E-state index is 3.21. The van der Waals surface area contributed by atoms with E-state index in [9.17, 15) is 0 Å². The van der Waals surface area contributed by atoms with Crippen molar-refractivity contribution in [3.63, 3.8) is 0 Å². The second-order valence-electron chi connectivity index (χ2n) is 13.1. The minimum absolute atomic E-state index is 0.935. The molecule has 1 nitrogen and oxygen atoms in total. The van der Waals surface area contributed by atoms with Gasteiger partial charge in [0, 0.05) is 18.1 Å². The van der Waals surface area contributed by atoms with Crippen molar-refractivity contribution in [1.29, 1.82) is 0 Å². The number of hydrogen-bond donors (Lipinski definition) is 0. The second kappa shape index (κ2) is 11.6. The molecule has 0 amide bonds. The Hall–Kier alpha value is -0.0400. The summed E-state index contributed by atoms with van der Waals surface area (Å²) in [7, 11) is 0. The van der Waals surface area contributed by atoms with Gasteiger partial charge in [0.25, 0.3) is 0 Å². The maximum Gasteiger partial charge on any atom is 0.0101 e. The van der Waals surface area contributed by atoms with Crippen molar-refractivity contribution in [3.05, 3.63) is 0 Å². The van der Waals surface area contributed by atoms with Gasteiger partial charge in [-0.25, -0.2) is 0 Å². The monoisotopic (exact) mass is 441 g/mol. The first-order valence-corrected chi connectivity index (χ1v) is 15.6. The van der Waals surface area contributed by atoms with Crippen LogP contribution in [0.15, 0.2) is 0 Å². The van der Waals surface area contributed by atoms with Gasteiger partial charge in [-0.2, -0.15) is 0 Å². The summed E-state index contributed by atoms with van der Waals surface area (Å²) in [5.74, 6) is 5.50. The van der Waals surface area contributed by atoms with Crippen LogP contribution in [0.1, 0.15) is 148 Å². The molecule has 0 spiro atoms. The lowest BCUT2D eigenvalue weighted by atomic mass is 9.60. The summed E-state index contributed by atoms with van der Waals surface area (Å²) in [6.07, 6.45) is 33.8. The topological polar surface area (TPSA) is 3.24 Å². The van der Waals surface area contributed by atoms with E-state index in [1.807, 2.05) is 0 Å². The first-order chi connectivity index (χ1) is 15.8. The normalized spacial score (nSPS) is 42.0. The molecule has 0 aromatic rings. The van der Waals surface area contributed by atoms with Crippen molar-refractivity contribution < 1.29 is 0 Å². The molecule has 0 radical (unpaired) electrons. The standard InChI is InChI=1S/C31H55N/c1-2-9-24-16-20-28(21-17-24)32(27-12-4-3-5-13-27)29-22-18-26(19-23-29)31-15-8-11-25-10-6-7-14-30(25)31/h24-31H,2-23H2,1H3. The zero-order valence-corrected chi connectivity index (χ0v) is 21.6. The van der Waals surface area contributed by atoms with Crippen molar-refractivity contribution in [2.45, 2.75) is 166 Å². The van der Waals surface area contributed by atoms with E-state index >= 15 is 0 Å². The van der Waals surface area contributed by atoms with Gasteiger partial charge >= 0.3 is 0 Å². The molecule has 1 heteroatoms. The molecule has 0 saturated heterocycles. The van der Waals surface area contributed by atoms with Gasteiger partial charge in [-0.15, -0.1) is 0 Å². The summed E-state index contributed by atoms with van der Waals surface area (Å²) >= 11 is 0. The summed E-state index contributed by atoms with van der Waals surface area (Å²) in [5.41, 5.74) is 0. The van der Waals surface area contributed by atoms with Crippen LogP contribution in [0, 0.1) is 29.6 Å². The Morgan fingerprint density at radius 2 is 0.969 bits per heavy atom. The van der Waals surface area contributed by atoms with E-state index in [2.05, 4.69) is 11.8 Å². The van der Waals surface area contributed by atoms with E-state index in [1.165, 1.54) is 77.0 Å². The summed E-state index contributed by atoms with van der Waals surface area (Å²) in [6.45, 7) is 2.39. The van der Waals surface area contributed by atoms with E-state index in [0.717, 1.165) is 47.7 Å². The first kappa shape index (κ1) is 23.7. The highest BCUT2D eigenvalue weighted by Crippen LogP contribution is 2.50. The smallest absolute Gasteiger partial charge is 0.0101 e. The fourth-order valence-electron chi connectivity index (χ4n) is 9.81. The molecule has 5 aliphatic rings. The van der Waals surface area contributed by atoms with Crippen LogP contribution in [0.3, 0.4) is 0 Å². The van der Waals surface area contributed by atoms with Crippen LogP contribution in [0.25, 0.3) is 0 Å². The molecule has 3 atom stereocenters. The van der Waals surface area contributed by atoms with E-state index in [-0.39, 0.29) is 0 Å². The molecule has 5 aliphatic carbocycles. The molecule has 32 heavy (non-hydrogen) atoms. The highest BCUT2D eigenvalue weighted by Gasteiger charge is 2.42. The Labute approximate surface area is 200 Å². The highest BCUT2D eigenvalue weighted by atomic mass is 15.2. The van der Waals surface area contributed by atoms with Crippen LogP contribution < -0.4 is 0 Å². The van der Waals surface area contributed by atoms with Crippen LogP contribution in [-0.4, -0.2) is 23.0 Å². The Morgan fingerprint density at radius 1 is 0.469 bits per heavy atom. The predicted octanol–water partition coefficient (Wildman–Crippen LogP) is 9.15. The van der Waals surface area contributed by atoms with Crippen LogP contribution in [0.5, 0.6) is 0 Å². The molecular weight excluding hydrogens is 386 g/mol. The van der Waals surface area contributed by atoms with Crippen LogP contribution in [0.2, 0.25) is 0 Å². The van der Waals surface area contributed by atoms with Crippen LogP contribution in [-0.2, 0) is 0 Å². The average molecular weight is 442 g/mol. The SMILES string of the molecule is CCCC1CCC(N(C2CCCCC2)C2CCC(C3CCCC4CCCCC43)CC2)CC1.